The van der Waals surface area contributed by atoms with Gasteiger partial charge in [-0.15, -0.1) is 10.2 Å². The van der Waals surface area contributed by atoms with E-state index in [4.69, 9.17) is 4.42 Å². The summed E-state index contributed by atoms with van der Waals surface area (Å²) in [6.45, 7) is 2.32. The minimum absolute atomic E-state index is 0.0755. The second-order valence-electron chi connectivity index (χ2n) is 7.44. The minimum atomic E-state index is -2.66. The summed E-state index contributed by atoms with van der Waals surface area (Å²) in [7, 11) is 0. The normalized spacial score (nSPS) is 27.4. The highest BCUT2D eigenvalue weighted by molar-refractivity contribution is 5.88. The molecule has 2 aromatic heterocycles. The largest absolute Gasteiger partial charge is 0.419 e. The Balaban J connectivity index is 1.59. The number of aromatic nitrogens is 3. The fourth-order valence-electron chi connectivity index (χ4n) is 3.67. The first-order valence-electron chi connectivity index (χ1n) is 9.09. The smallest absolute Gasteiger partial charge is 0.251 e. The van der Waals surface area contributed by atoms with Crippen LogP contribution in [-0.4, -0.2) is 39.6 Å². The van der Waals surface area contributed by atoms with Crippen molar-refractivity contribution in [2.75, 3.05) is 11.9 Å². The summed E-state index contributed by atoms with van der Waals surface area (Å²) < 4.78 is 33.2. The van der Waals surface area contributed by atoms with Gasteiger partial charge in [0.25, 0.3) is 5.89 Å². The van der Waals surface area contributed by atoms with Crippen molar-refractivity contribution >= 4 is 11.7 Å². The molecule has 2 aromatic rings. The molecule has 1 saturated heterocycles. The highest BCUT2D eigenvalue weighted by atomic mass is 19.3. The van der Waals surface area contributed by atoms with Gasteiger partial charge >= 0.3 is 0 Å². The molecule has 2 aliphatic rings. The summed E-state index contributed by atoms with van der Waals surface area (Å²) in [4.78, 5) is 16.4. The molecular formula is C18H21F2N5O2. The average Bonchev–Trinajstić information content (AvgIpc) is 3.23. The second kappa shape index (κ2) is 6.54. The summed E-state index contributed by atoms with van der Waals surface area (Å²) in [5.41, 5.74) is -0.320. The van der Waals surface area contributed by atoms with E-state index in [9.17, 15) is 13.6 Å². The standard InChI is InChI=1S/C18H21F2N5O2/c1-17(7-9-22-15(17)26)16-25-24-14(27-16)12-5-3-8-21-13(12)23-11-4-2-6-18(19,20)10-11/h3,5,8,11H,2,4,6-7,9-10H2,1H3,(H,21,23)(H,22,26). The number of rotatable bonds is 4. The molecule has 2 N–H and O–H groups in total. The topological polar surface area (TPSA) is 92.9 Å². The maximum atomic E-state index is 13.7. The van der Waals surface area contributed by atoms with Gasteiger partial charge in [0.1, 0.15) is 11.2 Å². The number of nitrogens with zero attached hydrogens (tertiary/aromatic N) is 3. The summed E-state index contributed by atoms with van der Waals surface area (Å²) in [5, 5.41) is 14.0. The molecular weight excluding hydrogens is 356 g/mol. The Labute approximate surface area is 155 Å². The number of alkyl halides is 2. The average molecular weight is 377 g/mol. The third-order valence-electron chi connectivity index (χ3n) is 5.33. The zero-order valence-electron chi connectivity index (χ0n) is 15.0. The van der Waals surface area contributed by atoms with Crippen LogP contribution in [0.1, 0.15) is 44.9 Å². The maximum Gasteiger partial charge on any atom is 0.251 e. The number of carbonyl (C=O) groups is 1. The van der Waals surface area contributed by atoms with E-state index in [1.807, 2.05) is 0 Å². The van der Waals surface area contributed by atoms with Crippen LogP contribution in [0.4, 0.5) is 14.6 Å². The number of nitrogens with one attached hydrogen (secondary N) is 2. The van der Waals surface area contributed by atoms with E-state index in [0.29, 0.717) is 37.2 Å². The lowest BCUT2D eigenvalue weighted by molar-refractivity contribution is -0.124. The van der Waals surface area contributed by atoms with Gasteiger partial charge in [-0.2, -0.15) is 0 Å². The van der Waals surface area contributed by atoms with Crippen molar-refractivity contribution in [2.45, 2.75) is 56.4 Å². The van der Waals surface area contributed by atoms with E-state index >= 15 is 0 Å². The summed E-state index contributed by atoms with van der Waals surface area (Å²) >= 11 is 0. The molecule has 3 heterocycles. The van der Waals surface area contributed by atoms with Gasteiger partial charge in [0.2, 0.25) is 17.7 Å². The van der Waals surface area contributed by atoms with Gasteiger partial charge < -0.3 is 15.1 Å². The first-order chi connectivity index (χ1) is 12.9. The molecule has 0 spiro atoms. The summed E-state index contributed by atoms with van der Waals surface area (Å²) in [5.74, 6) is -1.92. The molecule has 144 valence electrons. The number of pyridine rings is 1. The Morgan fingerprint density at radius 3 is 2.93 bits per heavy atom. The summed E-state index contributed by atoms with van der Waals surface area (Å²) in [6, 6.07) is 3.08. The predicted octanol–water partition coefficient (Wildman–Crippen LogP) is 2.90. The van der Waals surface area contributed by atoms with Gasteiger partial charge in [-0.25, -0.2) is 13.8 Å². The lowest BCUT2D eigenvalue weighted by Gasteiger charge is -2.30. The zero-order chi connectivity index (χ0) is 19.1. The first-order valence-corrected chi connectivity index (χ1v) is 9.09. The van der Waals surface area contributed by atoms with Gasteiger partial charge in [-0.3, -0.25) is 4.79 Å². The van der Waals surface area contributed by atoms with Gasteiger partial charge in [0.15, 0.2) is 0 Å². The van der Waals surface area contributed by atoms with Crippen LogP contribution in [0.25, 0.3) is 11.5 Å². The molecule has 4 rings (SSSR count). The fraction of sp³-hybridized carbons (Fsp3) is 0.556. The molecule has 0 aromatic carbocycles. The third kappa shape index (κ3) is 3.38. The monoisotopic (exact) mass is 377 g/mol. The van der Waals surface area contributed by atoms with Crippen molar-refractivity contribution in [3.63, 3.8) is 0 Å². The molecule has 1 saturated carbocycles. The van der Waals surface area contributed by atoms with Crippen molar-refractivity contribution in [3.05, 3.63) is 24.2 Å². The van der Waals surface area contributed by atoms with Crippen LogP contribution >= 0.6 is 0 Å². The molecule has 1 amide bonds. The van der Waals surface area contributed by atoms with E-state index in [1.165, 1.54) is 0 Å². The SMILES string of the molecule is CC1(c2nnc(-c3cccnc3NC3CCCC(F)(F)C3)o2)CCNC1=O. The highest BCUT2D eigenvalue weighted by Gasteiger charge is 2.44. The van der Waals surface area contributed by atoms with Crippen LogP contribution in [0, 0.1) is 0 Å². The molecule has 1 aliphatic heterocycles. The van der Waals surface area contributed by atoms with Gasteiger partial charge in [0, 0.05) is 31.6 Å². The van der Waals surface area contributed by atoms with Crippen molar-refractivity contribution in [1.82, 2.24) is 20.5 Å². The first kappa shape index (κ1) is 17.8. The van der Waals surface area contributed by atoms with Gasteiger partial charge in [-0.05, 0) is 38.3 Å². The van der Waals surface area contributed by atoms with Crippen molar-refractivity contribution in [2.24, 2.45) is 0 Å². The number of halogens is 2. The quantitative estimate of drug-likeness (QED) is 0.851. The molecule has 2 fully saturated rings. The van der Waals surface area contributed by atoms with E-state index < -0.39 is 11.3 Å². The number of amides is 1. The van der Waals surface area contributed by atoms with Crippen molar-refractivity contribution in [3.8, 4) is 11.5 Å². The number of hydrogen-bond donors (Lipinski definition) is 2. The van der Waals surface area contributed by atoms with E-state index in [0.717, 1.165) is 0 Å². The van der Waals surface area contributed by atoms with Crippen molar-refractivity contribution in [1.29, 1.82) is 0 Å². The molecule has 9 heteroatoms. The van der Waals surface area contributed by atoms with Crippen LogP contribution in [0.5, 0.6) is 0 Å². The fourth-order valence-corrected chi connectivity index (χ4v) is 3.67. The Hall–Kier alpha value is -2.58. The van der Waals surface area contributed by atoms with E-state index in [-0.39, 0.29) is 36.6 Å². The number of anilines is 1. The molecule has 0 radical (unpaired) electrons. The van der Waals surface area contributed by atoms with Crippen LogP contribution < -0.4 is 10.6 Å². The van der Waals surface area contributed by atoms with Crippen LogP contribution in [0.3, 0.4) is 0 Å². The van der Waals surface area contributed by atoms with Crippen LogP contribution in [0.2, 0.25) is 0 Å². The Morgan fingerprint density at radius 2 is 2.19 bits per heavy atom. The Morgan fingerprint density at radius 1 is 1.33 bits per heavy atom. The lowest BCUT2D eigenvalue weighted by atomic mass is 9.89. The van der Waals surface area contributed by atoms with Gasteiger partial charge in [0.05, 0.1) is 5.56 Å². The van der Waals surface area contributed by atoms with Gasteiger partial charge in [-0.1, -0.05) is 0 Å². The van der Waals surface area contributed by atoms with E-state index in [2.05, 4.69) is 25.8 Å². The van der Waals surface area contributed by atoms with Crippen molar-refractivity contribution < 1.29 is 18.0 Å². The third-order valence-corrected chi connectivity index (χ3v) is 5.33. The minimum Gasteiger partial charge on any atom is -0.419 e. The number of carbonyl (C=O) groups excluding carboxylic acids is 1. The second-order valence-corrected chi connectivity index (χ2v) is 7.44. The maximum absolute atomic E-state index is 13.7. The number of hydrogen-bond acceptors (Lipinski definition) is 6. The molecule has 7 nitrogen and oxygen atoms in total. The molecule has 27 heavy (non-hydrogen) atoms. The zero-order valence-corrected chi connectivity index (χ0v) is 15.0. The Kier molecular flexibility index (Phi) is 4.32. The lowest BCUT2D eigenvalue weighted by Crippen LogP contribution is -2.34. The van der Waals surface area contributed by atoms with Crippen LogP contribution in [0.15, 0.2) is 22.7 Å². The van der Waals surface area contributed by atoms with Crippen LogP contribution in [-0.2, 0) is 10.2 Å². The molecule has 2 unspecified atom stereocenters. The van der Waals surface area contributed by atoms with E-state index in [1.54, 1.807) is 25.3 Å². The Bertz CT molecular complexity index is 856. The molecule has 0 bridgehead atoms. The predicted molar refractivity (Wildman–Crippen MR) is 93.3 cm³/mol. The summed E-state index contributed by atoms with van der Waals surface area (Å²) in [6.07, 6.45) is 2.97. The molecule has 2 atom stereocenters. The highest BCUT2D eigenvalue weighted by Crippen LogP contribution is 2.36. The molecule has 1 aliphatic carbocycles.